The largest absolute Gasteiger partial charge is 0.456 e. The van der Waals surface area contributed by atoms with Crippen LogP contribution in [0.1, 0.15) is 32.6 Å². The zero-order valence-electron chi connectivity index (χ0n) is 18.8. The number of nitro benzene ring substituents is 1. The fourth-order valence-electron chi connectivity index (χ4n) is 3.43. The SMILES string of the molecule is Cc1cc(/C=C/C#N)cc(C)c1Oc1cc(Nc2ccc(C#N)cc2)c([N+](=O)[O-])cc1C(=O)NN. The van der Waals surface area contributed by atoms with Gasteiger partial charge in [0.2, 0.25) is 0 Å². The molecular formula is C25H20N6O4. The Balaban J connectivity index is 2.12. The Morgan fingerprint density at radius 1 is 1.11 bits per heavy atom. The summed E-state index contributed by atoms with van der Waals surface area (Å²) in [5.41, 5.74) is 4.73. The molecule has 0 aliphatic heterocycles. The van der Waals surface area contributed by atoms with Crippen LogP contribution in [-0.4, -0.2) is 10.8 Å². The van der Waals surface area contributed by atoms with Crippen molar-refractivity contribution in [2.75, 3.05) is 5.32 Å². The maximum atomic E-state index is 12.5. The Kier molecular flexibility index (Phi) is 7.42. The van der Waals surface area contributed by atoms with Crippen LogP contribution in [-0.2, 0) is 0 Å². The number of allylic oxidation sites excluding steroid dienone is 1. The molecular weight excluding hydrogens is 448 g/mol. The number of nitro groups is 1. The summed E-state index contributed by atoms with van der Waals surface area (Å²) in [7, 11) is 0. The third-order valence-electron chi connectivity index (χ3n) is 5.01. The van der Waals surface area contributed by atoms with E-state index in [1.54, 1.807) is 56.3 Å². The van der Waals surface area contributed by atoms with Crippen LogP contribution in [0.4, 0.5) is 17.1 Å². The molecule has 0 aliphatic carbocycles. The Morgan fingerprint density at radius 2 is 1.77 bits per heavy atom. The van der Waals surface area contributed by atoms with Crippen LogP contribution in [0, 0.1) is 46.6 Å². The van der Waals surface area contributed by atoms with E-state index in [1.165, 1.54) is 12.1 Å². The summed E-state index contributed by atoms with van der Waals surface area (Å²) < 4.78 is 6.09. The monoisotopic (exact) mass is 468 g/mol. The van der Waals surface area contributed by atoms with Crippen LogP contribution >= 0.6 is 0 Å². The fourth-order valence-corrected chi connectivity index (χ4v) is 3.43. The first kappa shape index (κ1) is 24.5. The molecule has 1 amide bonds. The number of amides is 1. The molecule has 0 unspecified atom stereocenters. The molecule has 0 atom stereocenters. The molecule has 0 saturated heterocycles. The third kappa shape index (κ3) is 5.60. The molecule has 10 heteroatoms. The lowest BCUT2D eigenvalue weighted by Crippen LogP contribution is -2.30. The van der Waals surface area contributed by atoms with Gasteiger partial charge in [-0.15, -0.1) is 0 Å². The van der Waals surface area contributed by atoms with E-state index in [0.29, 0.717) is 17.0 Å². The number of rotatable bonds is 7. The number of aryl methyl sites for hydroxylation is 2. The standard InChI is InChI=1S/C25H20N6O4/c1-15-10-18(4-3-9-26)11-16(2)24(15)35-23-13-21(29-19-7-5-17(14-27)6-8-19)22(31(33)34)12-20(23)25(32)30-28/h3-8,10-13,29H,28H2,1-2H3,(H,30,32)/b4-3+. The number of nitrogens with zero attached hydrogens (tertiary/aromatic N) is 3. The van der Waals surface area contributed by atoms with Gasteiger partial charge in [-0.05, 0) is 73.0 Å². The quantitative estimate of drug-likeness (QED) is 0.147. The van der Waals surface area contributed by atoms with E-state index in [1.807, 2.05) is 17.6 Å². The summed E-state index contributed by atoms with van der Waals surface area (Å²) in [6, 6.07) is 16.3. The molecule has 0 radical (unpaired) electrons. The molecule has 0 aliphatic rings. The number of hydrazine groups is 1. The number of nitrogen functional groups attached to an aromatic ring is 1. The van der Waals surface area contributed by atoms with Crippen molar-refractivity contribution in [3.8, 4) is 23.6 Å². The Bertz CT molecular complexity index is 1390. The van der Waals surface area contributed by atoms with E-state index in [2.05, 4.69) is 5.32 Å². The fraction of sp³-hybridized carbons (Fsp3) is 0.0800. The molecule has 4 N–H and O–H groups in total. The van der Waals surface area contributed by atoms with Gasteiger partial charge < -0.3 is 10.1 Å². The second-order valence-corrected chi connectivity index (χ2v) is 7.46. The first-order valence-electron chi connectivity index (χ1n) is 10.2. The van der Waals surface area contributed by atoms with Gasteiger partial charge in [-0.1, -0.05) is 0 Å². The zero-order chi connectivity index (χ0) is 25.5. The van der Waals surface area contributed by atoms with Gasteiger partial charge in [-0.2, -0.15) is 10.5 Å². The number of benzene rings is 3. The second kappa shape index (κ2) is 10.6. The van der Waals surface area contributed by atoms with Gasteiger partial charge in [0, 0.05) is 23.9 Å². The topological polar surface area (TPSA) is 167 Å². The second-order valence-electron chi connectivity index (χ2n) is 7.46. The van der Waals surface area contributed by atoms with Gasteiger partial charge in [0.05, 0.1) is 28.2 Å². The Morgan fingerprint density at radius 3 is 2.31 bits per heavy atom. The predicted molar refractivity (Wildman–Crippen MR) is 130 cm³/mol. The number of nitrogens with two attached hydrogens (primary N) is 1. The normalized spacial score (nSPS) is 10.3. The zero-order valence-corrected chi connectivity index (χ0v) is 18.8. The van der Waals surface area contributed by atoms with Crippen LogP contribution in [0.15, 0.2) is 54.6 Å². The molecule has 3 aromatic carbocycles. The predicted octanol–water partition coefficient (Wildman–Crippen LogP) is 4.76. The molecule has 35 heavy (non-hydrogen) atoms. The molecule has 0 fully saturated rings. The minimum Gasteiger partial charge on any atom is -0.456 e. The molecule has 0 saturated carbocycles. The highest BCUT2D eigenvalue weighted by Crippen LogP contribution is 2.39. The summed E-state index contributed by atoms with van der Waals surface area (Å²) in [5.74, 6) is 5.03. The van der Waals surface area contributed by atoms with Gasteiger partial charge in [0.25, 0.3) is 11.6 Å². The number of anilines is 2. The van der Waals surface area contributed by atoms with Gasteiger partial charge in [0.1, 0.15) is 17.2 Å². The number of nitriles is 2. The summed E-state index contributed by atoms with van der Waals surface area (Å²) in [6.45, 7) is 3.60. The lowest BCUT2D eigenvalue weighted by Gasteiger charge is -2.17. The van der Waals surface area contributed by atoms with Gasteiger partial charge >= 0.3 is 0 Å². The van der Waals surface area contributed by atoms with E-state index < -0.39 is 10.8 Å². The molecule has 0 heterocycles. The van der Waals surface area contributed by atoms with Crippen molar-refractivity contribution >= 4 is 29.0 Å². The van der Waals surface area contributed by atoms with Crippen molar-refractivity contribution in [2.45, 2.75) is 13.8 Å². The number of hydrogen-bond donors (Lipinski definition) is 3. The van der Waals surface area contributed by atoms with Crippen LogP contribution < -0.4 is 21.3 Å². The van der Waals surface area contributed by atoms with Crippen molar-refractivity contribution in [3.63, 3.8) is 0 Å². The summed E-state index contributed by atoms with van der Waals surface area (Å²) in [4.78, 5) is 23.6. The van der Waals surface area contributed by atoms with Gasteiger partial charge in [-0.25, -0.2) is 5.84 Å². The maximum absolute atomic E-state index is 12.5. The van der Waals surface area contributed by atoms with E-state index in [9.17, 15) is 14.9 Å². The van der Waals surface area contributed by atoms with E-state index in [4.69, 9.17) is 21.1 Å². The molecule has 3 rings (SSSR count). The number of nitrogens with one attached hydrogen (secondary N) is 2. The lowest BCUT2D eigenvalue weighted by molar-refractivity contribution is -0.384. The maximum Gasteiger partial charge on any atom is 0.293 e. The van der Waals surface area contributed by atoms with E-state index in [0.717, 1.165) is 22.8 Å². The molecule has 0 bridgehead atoms. The van der Waals surface area contributed by atoms with Crippen molar-refractivity contribution in [2.24, 2.45) is 5.84 Å². The highest BCUT2D eigenvalue weighted by molar-refractivity contribution is 5.98. The lowest BCUT2D eigenvalue weighted by atomic mass is 10.0. The van der Waals surface area contributed by atoms with Gasteiger partial charge in [-0.3, -0.25) is 20.3 Å². The number of ether oxygens (including phenoxy) is 1. The molecule has 0 spiro atoms. The van der Waals surface area contributed by atoms with Crippen LogP contribution in [0.25, 0.3) is 6.08 Å². The van der Waals surface area contributed by atoms with Gasteiger partial charge in [0.15, 0.2) is 0 Å². The van der Waals surface area contributed by atoms with Crippen molar-refractivity contribution in [1.29, 1.82) is 10.5 Å². The minimum atomic E-state index is -0.767. The summed E-state index contributed by atoms with van der Waals surface area (Å²) >= 11 is 0. The average molecular weight is 468 g/mol. The number of carbonyl (C=O) groups excluding carboxylic acids is 1. The van der Waals surface area contributed by atoms with Crippen molar-refractivity contribution in [3.05, 3.63) is 92.5 Å². The van der Waals surface area contributed by atoms with Crippen molar-refractivity contribution < 1.29 is 14.5 Å². The first-order valence-corrected chi connectivity index (χ1v) is 10.2. The number of carbonyl (C=O) groups is 1. The van der Waals surface area contributed by atoms with Crippen LogP contribution in [0.5, 0.6) is 11.5 Å². The summed E-state index contributed by atoms with van der Waals surface area (Å²) in [5, 5.41) is 32.5. The smallest absolute Gasteiger partial charge is 0.293 e. The average Bonchev–Trinajstić information content (AvgIpc) is 2.84. The van der Waals surface area contributed by atoms with Crippen LogP contribution in [0.3, 0.4) is 0 Å². The highest BCUT2D eigenvalue weighted by atomic mass is 16.6. The van der Waals surface area contributed by atoms with Crippen molar-refractivity contribution in [1.82, 2.24) is 5.43 Å². The van der Waals surface area contributed by atoms with Crippen LogP contribution in [0.2, 0.25) is 0 Å². The Labute approximate surface area is 201 Å². The highest BCUT2D eigenvalue weighted by Gasteiger charge is 2.24. The Hall–Kier alpha value is -5.19. The minimum absolute atomic E-state index is 0.0428. The number of hydrogen-bond acceptors (Lipinski definition) is 8. The molecule has 10 nitrogen and oxygen atoms in total. The molecule has 0 aromatic heterocycles. The molecule has 174 valence electrons. The van der Waals surface area contributed by atoms with E-state index >= 15 is 0 Å². The van der Waals surface area contributed by atoms with E-state index in [-0.39, 0.29) is 22.7 Å². The first-order chi connectivity index (χ1) is 16.8. The summed E-state index contributed by atoms with van der Waals surface area (Å²) in [6.07, 6.45) is 3.01. The molecule has 3 aromatic rings. The third-order valence-corrected chi connectivity index (χ3v) is 5.01.